The zero-order chi connectivity index (χ0) is 13.4. The van der Waals surface area contributed by atoms with Crippen molar-refractivity contribution in [1.82, 2.24) is 0 Å². The predicted octanol–water partition coefficient (Wildman–Crippen LogP) is 3.42. The molecule has 0 fully saturated rings. The summed E-state index contributed by atoms with van der Waals surface area (Å²) in [7, 11) is 3.25. The van der Waals surface area contributed by atoms with E-state index in [1.165, 1.54) is 12.8 Å². The van der Waals surface area contributed by atoms with Crippen molar-refractivity contribution in [2.24, 2.45) is 5.73 Å². The van der Waals surface area contributed by atoms with E-state index >= 15 is 0 Å². The number of aryl methyl sites for hydroxylation is 1. The Bertz CT molecular complexity index is 369. The van der Waals surface area contributed by atoms with E-state index < -0.39 is 0 Å². The molecule has 18 heavy (non-hydrogen) atoms. The van der Waals surface area contributed by atoms with Crippen LogP contribution in [0.2, 0.25) is 5.02 Å². The van der Waals surface area contributed by atoms with Crippen LogP contribution in [0, 0.1) is 0 Å². The molecule has 1 aromatic carbocycles. The Hall–Kier alpha value is -0.930. The van der Waals surface area contributed by atoms with Crippen LogP contribution in [-0.4, -0.2) is 20.8 Å². The summed E-state index contributed by atoms with van der Waals surface area (Å²) < 4.78 is 10.5. The first-order valence-corrected chi connectivity index (χ1v) is 6.71. The smallest absolute Gasteiger partial charge is 0.162 e. The van der Waals surface area contributed by atoms with Crippen molar-refractivity contribution in [2.75, 3.05) is 20.8 Å². The highest BCUT2D eigenvalue weighted by molar-refractivity contribution is 6.31. The van der Waals surface area contributed by atoms with E-state index in [1.54, 1.807) is 14.2 Å². The number of hydrogen-bond donors (Lipinski definition) is 1. The number of ether oxygens (including phenoxy) is 2. The van der Waals surface area contributed by atoms with Crippen LogP contribution in [0.15, 0.2) is 12.1 Å². The zero-order valence-electron chi connectivity index (χ0n) is 11.2. The molecule has 102 valence electrons. The number of unbranched alkanes of at least 4 members (excludes halogenated alkanes) is 3. The van der Waals surface area contributed by atoms with Crippen molar-refractivity contribution >= 4 is 11.6 Å². The summed E-state index contributed by atoms with van der Waals surface area (Å²) in [5, 5.41) is 0.742. The SMILES string of the molecule is COc1cc(Cl)c(CCCCCCN)cc1OC. The van der Waals surface area contributed by atoms with Crippen molar-refractivity contribution in [3.05, 3.63) is 22.7 Å². The fourth-order valence-corrected chi connectivity index (χ4v) is 2.15. The number of benzene rings is 1. The van der Waals surface area contributed by atoms with Gasteiger partial charge in [-0.2, -0.15) is 0 Å². The van der Waals surface area contributed by atoms with Crippen LogP contribution in [0.25, 0.3) is 0 Å². The van der Waals surface area contributed by atoms with Crippen LogP contribution in [0.5, 0.6) is 11.5 Å². The van der Waals surface area contributed by atoms with Gasteiger partial charge in [0.2, 0.25) is 0 Å². The van der Waals surface area contributed by atoms with Crippen LogP contribution in [0.4, 0.5) is 0 Å². The molecule has 0 aliphatic heterocycles. The van der Waals surface area contributed by atoms with Crippen molar-refractivity contribution in [3.8, 4) is 11.5 Å². The molecule has 0 saturated heterocycles. The largest absolute Gasteiger partial charge is 0.493 e. The molecule has 0 unspecified atom stereocenters. The average molecular weight is 272 g/mol. The molecule has 0 radical (unpaired) electrons. The van der Waals surface area contributed by atoms with E-state index in [-0.39, 0.29) is 0 Å². The topological polar surface area (TPSA) is 44.5 Å². The molecule has 0 spiro atoms. The van der Waals surface area contributed by atoms with Gasteiger partial charge in [0, 0.05) is 11.1 Å². The third kappa shape index (κ3) is 4.39. The highest BCUT2D eigenvalue weighted by Gasteiger charge is 2.09. The summed E-state index contributed by atoms with van der Waals surface area (Å²) >= 11 is 6.22. The number of hydrogen-bond acceptors (Lipinski definition) is 3. The molecule has 4 heteroatoms. The number of halogens is 1. The minimum atomic E-state index is 0.675. The highest BCUT2D eigenvalue weighted by Crippen LogP contribution is 2.33. The Morgan fingerprint density at radius 3 is 2.22 bits per heavy atom. The Morgan fingerprint density at radius 2 is 1.61 bits per heavy atom. The van der Waals surface area contributed by atoms with Gasteiger partial charge >= 0.3 is 0 Å². The van der Waals surface area contributed by atoms with Crippen LogP contribution in [0.1, 0.15) is 31.2 Å². The first kappa shape index (κ1) is 15.1. The first-order valence-electron chi connectivity index (χ1n) is 6.33. The van der Waals surface area contributed by atoms with Crippen LogP contribution in [-0.2, 0) is 6.42 Å². The normalized spacial score (nSPS) is 10.4. The Morgan fingerprint density at radius 1 is 1.00 bits per heavy atom. The van der Waals surface area contributed by atoms with Gasteiger partial charge < -0.3 is 15.2 Å². The molecular formula is C14H22ClNO2. The monoisotopic (exact) mass is 271 g/mol. The first-order chi connectivity index (χ1) is 8.72. The quantitative estimate of drug-likeness (QED) is 0.737. The molecule has 0 saturated carbocycles. The molecular weight excluding hydrogens is 250 g/mol. The lowest BCUT2D eigenvalue weighted by atomic mass is 10.1. The summed E-state index contributed by atoms with van der Waals surface area (Å²) in [6, 6.07) is 3.78. The predicted molar refractivity (Wildman–Crippen MR) is 75.8 cm³/mol. The molecule has 1 aromatic rings. The molecule has 0 atom stereocenters. The van der Waals surface area contributed by atoms with E-state index in [1.807, 2.05) is 12.1 Å². The molecule has 2 N–H and O–H groups in total. The van der Waals surface area contributed by atoms with E-state index in [0.717, 1.165) is 42.1 Å². The highest BCUT2D eigenvalue weighted by atomic mass is 35.5. The van der Waals surface area contributed by atoms with Gasteiger partial charge in [-0.05, 0) is 37.4 Å². The maximum absolute atomic E-state index is 6.22. The lowest BCUT2D eigenvalue weighted by Crippen LogP contribution is -1.98. The lowest BCUT2D eigenvalue weighted by Gasteiger charge is -2.11. The van der Waals surface area contributed by atoms with Crippen LogP contribution >= 0.6 is 11.6 Å². The van der Waals surface area contributed by atoms with Gasteiger partial charge in [-0.1, -0.05) is 24.4 Å². The molecule has 0 aliphatic carbocycles. The third-order valence-electron chi connectivity index (χ3n) is 2.95. The summed E-state index contributed by atoms with van der Waals surface area (Å²) in [5.74, 6) is 1.41. The summed E-state index contributed by atoms with van der Waals surface area (Å²) in [5.41, 5.74) is 6.58. The minimum absolute atomic E-state index is 0.675. The second-order valence-corrected chi connectivity index (χ2v) is 4.66. The Kier molecular flexibility index (Phi) is 6.91. The minimum Gasteiger partial charge on any atom is -0.493 e. The standard InChI is InChI=1S/C14H22ClNO2/c1-17-13-9-11(7-5-3-4-6-8-16)12(15)10-14(13)18-2/h9-10H,3-8,16H2,1-2H3. The van der Waals surface area contributed by atoms with Crippen molar-refractivity contribution in [3.63, 3.8) is 0 Å². The summed E-state index contributed by atoms with van der Waals surface area (Å²) in [6.07, 6.45) is 5.54. The third-order valence-corrected chi connectivity index (χ3v) is 3.30. The van der Waals surface area contributed by atoms with Gasteiger partial charge in [0.25, 0.3) is 0 Å². The fraction of sp³-hybridized carbons (Fsp3) is 0.571. The van der Waals surface area contributed by atoms with E-state index in [2.05, 4.69) is 0 Å². The molecule has 0 bridgehead atoms. The van der Waals surface area contributed by atoms with Gasteiger partial charge in [0.15, 0.2) is 11.5 Å². The Balaban J connectivity index is 2.59. The summed E-state index contributed by atoms with van der Waals surface area (Å²) in [4.78, 5) is 0. The lowest BCUT2D eigenvalue weighted by molar-refractivity contribution is 0.354. The van der Waals surface area contributed by atoms with Gasteiger partial charge in [0.1, 0.15) is 0 Å². The fourth-order valence-electron chi connectivity index (χ4n) is 1.90. The molecule has 0 aromatic heterocycles. The molecule has 0 amide bonds. The van der Waals surface area contributed by atoms with E-state index in [4.69, 9.17) is 26.8 Å². The maximum Gasteiger partial charge on any atom is 0.162 e. The molecule has 0 aliphatic rings. The molecule has 0 heterocycles. The van der Waals surface area contributed by atoms with E-state index in [0.29, 0.717) is 5.75 Å². The van der Waals surface area contributed by atoms with Gasteiger partial charge in [-0.25, -0.2) is 0 Å². The average Bonchev–Trinajstić information content (AvgIpc) is 2.39. The second-order valence-electron chi connectivity index (χ2n) is 4.25. The van der Waals surface area contributed by atoms with Gasteiger partial charge in [-0.15, -0.1) is 0 Å². The van der Waals surface area contributed by atoms with Gasteiger partial charge in [-0.3, -0.25) is 0 Å². The molecule has 1 rings (SSSR count). The summed E-state index contributed by atoms with van der Waals surface area (Å²) in [6.45, 7) is 0.775. The van der Waals surface area contributed by atoms with E-state index in [9.17, 15) is 0 Å². The van der Waals surface area contributed by atoms with Crippen molar-refractivity contribution in [2.45, 2.75) is 32.1 Å². The Labute approximate surface area is 114 Å². The number of methoxy groups -OCH3 is 2. The van der Waals surface area contributed by atoms with Gasteiger partial charge in [0.05, 0.1) is 14.2 Å². The zero-order valence-corrected chi connectivity index (χ0v) is 11.9. The van der Waals surface area contributed by atoms with Crippen molar-refractivity contribution < 1.29 is 9.47 Å². The number of nitrogens with two attached hydrogens (primary N) is 1. The maximum atomic E-state index is 6.22. The second kappa shape index (κ2) is 8.22. The number of rotatable bonds is 8. The van der Waals surface area contributed by atoms with Crippen LogP contribution in [0.3, 0.4) is 0 Å². The van der Waals surface area contributed by atoms with Crippen LogP contribution < -0.4 is 15.2 Å². The molecule has 3 nitrogen and oxygen atoms in total. The van der Waals surface area contributed by atoms with Crippen molar-refractivity contribution in [1.29, 1.82) is 0 Å².